The summed E-state index contributed by atoms with van der Waals surface area (Å²) in [5.74, 6) is -0.0758. The molecule has 19 heavy (non-hydrogen) atoms. The van der Waals surface area contributed by atoms with Crippen LogP contribution in [0.1, 0.15) is 5.56 Å². The standard InChI is InChI=1S/C13H11FN2O2S/c14-11-7-10(5-6-12(11)15)19-8-9-3-1-2-4-13(9)16(17)18/h1-7H,8,15H2. The van der Waals surface area contributed by atoms with Crippen molar-refractivity contribution in [2.75, 3.05) is 5.73 Å². The van der Waals surface area contributed by atoms with Crippen molar-refractivity contribution < 1.29 is 9.31 Å². The first-order chi connectivity index (χ1) is 9.08. The van der Waals surface area contributed by atoms with E-state index in [1.165, 1.54) is 30.0 Å². The van der Waals surface area contributed by atoms with Gasteiger partial charge in [-0.25, -0.2) is 4.39 Å². The van der Waals surface area contributed by atoms with Gasteiger partial charge in [-0.05, 0) is 18.2 Å². The topological polar surface area (TPSA) is 69.2 Å². The number of nitro benzene ring substituents is 1. The van der Waals surface area contributed by atoms with Crippen LogP contribution in [0.5, 0.6) is 0 Å². The molecular weight excluding hydrogens is 267 g/mol. The number of hydrogen-bond acceptors (Lipinski definition) is 4. The number of nitro groups is 1. The minimum atomic E-state index is -0.479. The molecule has 0 aliphatic heterocycles. The number of halogens is 1. The van der Waals surface area contributed by atoms with Gasteiger partial charge in [0.1, 0.15) is 5.82 Å². The van der Waals surface area contributed by atoms with Gasteiger partial charge in [-0.1, -0.05) is 18.2 Å². The molecule has 0 amide bonds. The molecule has 2 aromatic rings. The molecule has 2 rings (SSSR count). The van der Waals surface area contributed by atoms with Gasteiger partial charge in [0, 0.05) is 22.3 Å². The first-order valence-electron chi connectivity index (χ1n) is 5.48. The number of hydrogen-bond donors (Lipinski definition) is 1. The predicted octanol–water partition coefficient (Wildman–Crippen LogP) is 3.61. The SMILES string of the molecule is Nc1ccc(SCc2ccccc2[N+](=O)[O-])cc1F. The number of benzene rings is 2. The number of thioether (sulfide) groups is 1. The Balaban J connectivity index is 2.14. The van der Waals surface area contributed by atoms with Crippen molar-refractivity contribution in [2.45, 2.75) is 10.6 Å². The Kier molecular flexibility index (Phi) is 4.01. The Bertz CT molecular complexity index is 619. The fourth-order valence-corrected chi connectivity index (χ4v) is 2.49. The molecule has 0 aliphatic rings. The zero-order chi connectivity index (χ0) is 13.8. The molecule has 0 aromatic heterocycles. The molecule has 0 spiro atoms. The number of nitrogens with zero attached hydrogens (tertiary/aromatic N) is 1. The summed E-state index contributed by atoms with van der Waals surface area (Å²) in [6.45, 7) is 0. The van der Waals surface area contributed by atoms with E-state index in [0.717, 1.165) is 0 Å². The monoisotopic (exact) mass is 278 g/mol. The fraction of sp³-hybridized carbons (Fsp3) is 0.0769. The van der Waals surface area contributed by atoms with Crippen molar-refractivity contribution in [3.8, 4) is 0 Å². The average Bonchev–Trinajstić information content (AvgIpc) is 2.40. The minimum Gasteiger partial charge on any atom is -0.396 e. The van der Waals surface area contributed by atoms with E-state index in [4.69, 9.17) is 5.73 Å². The second kappa shape index (κ2) is 5.71. The van der Waals surface area contributed by atoms with E-state index in [1.54, 1.807) is 24.3 Å². The largest absolute Gasteiger partial charge is 0.396 e. The van der Waals surface area contributed by atoms with E-state index >= 15 is 0 Å². The van der Waals surface area contributed by atoms with Crippen LogP contribution in [0.3, 0.4) is 0 Å². The zero-order valence-electron chi connectivity index (χ0n) is 9.88. The van der Waals surface area contributed by atoms with Gasteiger partial charge in [0.15, 0.2) is 0 Å². The van der Waals surface area contributed by atoms with Gasteiger partial charge in [-0.15, -0.1) is 11.8 Å². The minimum absolute atomic E-state index is 0.0749. The summed E-state index contributed by atoms with van der Waals surface area (Å²) < 4.78 is 13.3. The summed E-state index contributed by atoms with van der Waals surface area (Å²) in [6, 6.07) is 11.0. The van der Waals surface area contributed by atoms with Gasteiger partial charge in [0.2, 0.25) is 0 Å². The molecule has 0 unspecified atom stereocenters. The number of anilines is 1. The van der Waals surface area contributed by atoms with E-state index in [1.807, 2.05) is 0 Å². The van der Waals surface area contributed by atoms with Gasteiger partial charge >= 0.3 is 0 Å². The normalized spacial score (nSPS) is 10.4. The van der Waals surface area contributed by atoms with Crippen LogP contribution in [-0.4, -0.2) is 4.92 Å². The van der Waals surface area contributed by atoms with E-state index < -0.39 is 10.7 Å². The second-order valence-corrected chi connectivity index (χ2v) is 4.91. The maximum atomic E-state index is 13.3. The molecule has 0 fully saturated rings. The molecule has 98 valence electrons. The Morgan fingerprint density at radius 1 is 1.26 bits per heavy atom. The van der Waals surface area contributed by atoms with Gasteiger partial charge in [-0.3, -0.25) is 10.1 Å². The van der Waals surface area contributed by atoms with Crippen molar-refractivity contribution in [2.24, 2.45) is 0 Å². The molecule has 4 nitrogen and oxygen atoms in total. The number of nitrogen functional groups attached to an aromatic ring is 1. The lowest BCUT2D eigenvalue weighted by Gasteiger charge is -2.04. The van der Waals surface area contributed by atoms with Crippen LogP contribution < -0.4 is 5.73 Å². The van der Waals surface area contributed by atoms with Crippen molar-refractivity contribution in [3.63, 3.8) is 0 Å². The van der Waals surface area contributed by atoms with Crippen molar-refractivity contribution >= 4 is 23.1 Å². The maximum Gasteiger partial charge on any atom is 0.273 e. The van der Waals surface area contributed by atoms with Crippen LogP contribution >= 0.6 is 11.8 Å². The van der Waals surface area contributed by atoms with Crippen molar-refractivity contribution in [1.82, 2.24) is 0 Å². The predicted molar refractivity (Wildman–Crippen MR) is 73.5 cm³/mol. The Labute approximate surface area is 113 Å². The van der Waals surface area contributed by atoms with E-state index in [9.17, 15) is 14.5 Å². The lowest BCUT2D eigenvalue weighted by molar-refractivity contribution is -0.385. The summed E-state index contributed by atoms with van der Waals surface area (Å²) in [7, 11) is 0. The summed E-state index contributed by atoms with van der Waals surface area (Å²) in [5, 5.41) is 10.9. The first-order valence-corrected chi connectivity index (χ1v) is 6.46. The molecule has 0 bridgehead atoms. The first kappa shape index (κ1) is 13.4. The molecule has 2 aromatic carbocycles. The van der Waals surface area contributed by atoms with Gasteiger partial charge < -0.3 is 5.73 Å². The van der Waals surface area contributed by atoms with Crippen LogP contribution in [0.15, 0.2) is 47.4 Å². The van der Waals surface area contributed by atoms with E-state index in [-0.39, 0.29) is 11.4 Å². The third-order valence-corrected chi connectivity index (χ3v) is 3.60. The Hall–Kier alpha value is -2.08. The molecule has 0 saturated carbocycles. The third kappa shape index (κ3) is 3.23. The molecular formula is C13H11FN2O2S. The molecule has 0 saturated heterocycles. The van der Waals surface area contributed by atoms with E-state index in [2.05, 4.69) is 0 Å². The zero-order valence-corrected chi connectivity index (χ0v) is 10.7. The summed E-state index contributed by atoms with van der Waals surface area (Å²) in [5.41, 5.74) is 6.16. The van der Waals surface area contributed by atoms with Crippen LogP contribution in [0, 0.1) is 15.9 Å². The van der Waals surface area contributed by atoms with Crippen molar-refractivity contribution in [3.05, 3.63) is 64.0 Å². The summed E-state index contributed by atoms with van der Waals surface area (Å²) >= 11 is 1.33. The van der Waals surface area contributed by atoms with Crippen molar-refractivity contribution in [1.29, 1.82) is 0 Å². The highest BCUT2D eigenvalue weighted by atomic mass is 32.2. The van der Waals surface area contributed by atoms with Gasteiger partial charge in [0.05, 0.1) is 10.6 Å². The number of para-hydroxylation sites is 1. The second-order valence-electron chi connectivity index (χ2n) is 3.86. The highest BCUT2D eigenvalue weighted by Gasteiger charge is 2.12. The molecule has 2 N–H and O–H groups in total. The Morgan fingerprint density at radius 3 is 2.68 bits per heavy atom. The van der Waals surface area contributed by atoms with Crippen LogP contribution in [-0.2, 0) is 5.75 Å². The van der Waals surface area contributed by atoms with Crippen LogP contribution in [0.25, 0.3) is 0 Å². The summed E-state index contributed by atoms with van der Waals surface area (Å²) in [4.78, 5) is 11.1. The molecule has 0 atom stereocenters. The molecule has 0 aliphatic carbocycles. The average molecular weight is 278 g/mol. The molecule has 6 heteroatoms. The third-order valence-electron chi connectivity index (χ3n) is 2.55. The van der Waals surface area contributed by atoms with E-state index in [0.29, 0.717) is 16.2 Å². The van der Waals surface area contributed by atoms with Gasteiger partial charge in [0.25, 0.3) is 5.69 Å². The smallest absolute Gasteiger partial charge is 0.273 e. The highest BCUT2D eigenvalue weighted by Crippen LogP contribution is 2.29. The lowest BCUT2D eigenvalue weighted by atomic mass is 10.2. The molecule has 0 radical (unpaired) electrons. The lowest BCUT2D eigenvalue weighted by Crippen LogP contribution is -1.94. The molecule has 0 heterocycles. The summed E-state index contributed by atoms with van der Waals surface area (Å²) in [6.07, 6.45) is 0. The van der Waals surface area contributed by atoms with Gasteiger partial charge in [-0.2, -0.15) is 0 Å². The van der Waals surface area contributed by atoms with Crippen LogP contribution in [0.4, 0.5) is 15.8 Å². The van der Waals surface area contributed by atoms with Crippen LogP contribution in [0.2, 0.25) is 0 Å². The Morgan fingerprint density at radius 2 is 2.00 bits per heavy atom. The maximum absolute atomic E-state index is 13.3. The number of rotatable bonds is 4. The highest BCUT2D eigenvalue weighted by molar-refractivity contribution is 7.98. The quantitative estimate of drug-likeness (QED) is 0.401. The fourth-order valence-electron chi connectivity index (χ4n) is 1.57. The number of nitrogens with two attached hydrogens (primary N) is 1.